The fraction of sp³-hybridized carbons (Fsp3) is 0.304. The minimum Gasteiger partial charge on any atom is -0.456 e. The van der Waals surface area contributed by atoms with E-state index in [2.05, 4.69) is 4.98 Å². The Kier molecular flexibility index (Phi) is 6.61. The van der Waals surface area contributed by atoms with Gasteiger partial charge in [-0.2, -0.15) is 0 Å². The number of esters is 1. The number of carbonyl (C=O) groups is 2. The lowest BCUT2D eigenvalue weighted by Gasteiger charge is -2.25. The summed E-state index contributed by atoms with van der Waals surface area (Å²) in [6.07, 6.45) is 0.281. The second-order valence-electron chi connectivity index (χ2n) is 7.16. The normalized spacial score (nSPS) is 11.8. The van der Waals surface area contributed by atoms with E-state index < -0.39 is 5.97 Å². The van der Waals surface area contributed by atoms with Gasteiger partial charge in [0, 0.05) is 20.5 Å². The van der Waals surface area contributed by atoms with Crippen LogP contribution in [-0.4, -0.2) is 40.0 Å². The van der Waals surface area contributed by atoms with Gasteiger partial charge in [-0.25, -0.2) is 4.98 Å². The van der Waals surface area contributed by atoms with E-state index in [1.165, 1.54) is 4.57 Å². The molecule has 0 aliphatic rings. The van der Waals surface area contributed by atoms with E-state index in [4.69, 9.17) is 4.74 Å². The lowest BCUT2D eigenvalue weighted by atomic mass is 10.1. The molecule has 2 aromatic carbocycles. The molecule has 0 aliphatic carbocycles. The highest BCUT2D eigenvalue weighted by atomic mass is 16.5. The van der Waals surface area contributed by atoms with Gasteiger partial charge in [0.2, 0.25) is 0 Å². The number of nitrogens with zero attached hydrogens (tertiary/aromatic N) is 3. The van der Waals surface area contributed by atoms with Gasteiger partial charge < -0.3 is 9.64 Å². The van der Waals surface area contributed by atoms with Gasteiger partial charge in [0.1, 0.15) is 5.82 Å². The van der Waals surface area contributed by atoms with Crippen LogP contribution in [0.2, 0.25) is 0 Å². The number of para-hydroxylation sites is 1. The summed E-state index contributed by atoms with van der Waals surface area (Å²) < 4.78 is 6.59. The van der Waals surface area contributed by atoms with Crippen molar-refractivity contribution in [2.24, 2.45) is 7.05 Å². The van der Waals surface area contributed by atoms with Crippen LogP contribution in [0.3, 0.4) is 0 Å². The van der Waals surface area contributed by atoms with E-state index in [0.29, 0.717) is 16.7 Å². The second-order valence-corrected chi connectivity index (χ2v) is 7.16. The Balaban J connectivity index is 1.55. The molecule has 3 aromatic rings. The molecule has 0 radical (unpaired) electrons. The zero-order valence-corrected chi connectivity index (χ0v) is 17.4. The molecule has 30 heavy (non-hydrogen) atoms. The molecule has 7 nitrogen and oxygen atoms in total. The van der Waals surface area contributed by atoms with Crippen molar-refractivity contribution >= 4 is 22.8 Å². The summed E-state index contributed by atoms with van der Waals surface area (Å²) in [5, 5.41) is 0.535. The van der Waals surface area contributed by atoms with Crippen LogP contribution in [0.25, 0.3) is 10.9 Å². The Hall–Kier alpha value is -3.48. The van der Waals surface area contributed by atoms with Crippen molar-refractivity contribution in [2.75, 3.05) is 13.7 Å². The summed E-state index contributed by atoms with van der Waals surface area (Å²) in [5.74, 6) is -0.292. The third kappa shape index (κ3) is 4.74. The average molecular weight is 407 g/mol. The highest BCUT2D eigenvalue weighted by Crippen LogP contribution is 2.18. The number of amides is 1. The molecule has 0 aliphatic heterocycles. The Bertz CT molecular complexity index is 1110. The van der Waals surface area contributed by atoms with Crippen molar-refractivity contribution in [3.63, 3.8) is 0 Å². The Morgan fingerprint density at radius 3 is 2.50 bits per heavy atom. The number of rotatable bonds is 7. The third-order valence-corrected chi connectivity index (χ3v) is 5.24. The zero-order valence-electron chi connectivity index (χ0n) is 17.4. The fourth-order valence-electron chi connectivity index (χ4n) is 3.19. The molecule has 1 amide bonds. The number of aryl methyl sites for hydroxylation is 1. The molecule has 0 saturated heterocycles. The predicted molar refractivity (Wildman–Crippen MR) is 114 cm³/mol. The van der Waals surface area contributed by atoms with E-state index in [1.54, 1.807) is 37.2 Å². The number of carbonyl (C=O) groups excluding carboxylic acids is 2. The van der Waals surface area contributed by atoms with E-state index >= 15 is 0 Å². The summed E-state index contributed by atoms with van der Waals surface area (Å²) in [7, 11) is 3.31. The van der Waals surface area contributed by atoms with Crippen molar-refractivity contribution in [3.05, 3.63) is 76.3 Å². The first-order chi connectivity index (χ1) is 14.4. The van der Waals surface area contributed by atoms with Crippen LogP contribution in [0.1, 0.15) is 30.8 Å². The summed E-state index contributed by atoms with van der Waals surface area (Å²) in [5.41, 5.74) is 1.44. The molecule has 7 heteroatoms. The number of benzene rings is 2. The van der Waals surface area contributed by atoms with Crippen molar-refractivity contribution in [3.8, 4) is 0 Å². The van der Waals surface area contributed by atoms with Crippen molar-refractivity contribution < 1.29 is 14.3 Å². The van der Waals surface area contributed by atoms with Gasteiger partial charge in [-0.05, 0) is 24.6 Å². The third-order valence-electron chi connectivity index (χ3n) is 5.24. The summed E-state index contributed by atoms with van der Waals surface area (Å²) >= 11 is 0. The summed E-state index contributed by atoms with van der Waals surface area (Å²) in [4.78, 5) is 42.9. The summed E-state index contributed by atoms with van der Waals surface area (Å²) in [6.45, 7) is 1.59. The number of hydrogen-bond acceptors (Lipinski definition) is 5. The minimum atomic E-state index is -0.508. The van der Waals surface area contributed by atoms with Gasteiger partial charge in [0.05, 0.1) is 23.4 Å². The van der Waals surface area contributed by atoms with Crippen LogP contribution in [-0.2, 0) is 27.8 Å². The zero-order chi connectivity index (χ0) is 21.7. The molecule has 1 heterocycles. The predicted octanol–water partition coefficient (Wildman–Crippen LogP) is 2.63. The van der Waals surface area contributed by atoms with Gasteiger partial charge in [-0.15, -0.1) is 0 Å². The smallest absolute Gasteiger partial charge is 0.306 e. The van der Waals surface area contributed by atoms with Gasteiger partial charge in [0.15, 0.2) is 6.61 Å². The van der Waals surface area contributed by atoms with Crippen LogP contribution in [0.15, 0.2) is 59.4 Å². The van der Waals surface area contributed by atoms with Gasteiger partial charge >= 0.3 is 5.97 Å². The lowest BCUT2D eigenvalue weighted by molar-refractivity contribution is -0.152. The molecule has 0 saturated carbocycles. The van der Waals surface area contributed by atoms with Crippen molar-refractivity contribution in [1.82, 2.24) is 14.5 Å². The van der Waals surface area contributed by atoms with E-state index in [1.807, 2.05) is 43.3 Å². The molecule has 1 unspecified atom stereocenters. The second kappa shape index (κ2) is 9.35. The molecule has 0 bridgehead atoms. The molecular weight excluding hydrogens is 382 g/mol. The van der Waals surface area contributed by atoms with Crippen LogP contribution < -0.4 is 5.56 Å². The minimum absolute atomic E-state index is 0.0316. The van der Waals surface area contributed by atoms with Crippen molar-refractivity contribution in [2.45, 2.75) is 25.8 Å². The van der Waals surface area contributed by atoms with Gasteiger partial charge in [-0.1, -0.05) is 42.5 Å². The first-order valence-corrected chi connectivity index (χ1v) is 9.79. The molecule has 3 rings (SSSR count). The van der Waals surface area contributed by atoms with Gasteiger partial charge in [-0.3, -0.25) is 19.0 Å². The number of hydrogen-bond donors (Lipinski definition) is 0. The molecular formula is C23H25N3O4. The SMILES string of the molecule is CC(c1ccccc1)N(C)C(=O)COC(=O)CCc1nc2ccccc2c(=O)n1C. The maximum atomic E-state index is 12.4. The van der Waals surface area contributed by atoms with Crippen LogP contribution >= 0.6 is 0 Å². The molecule has 0 spiro atoms. The highest BCUT2D eigenvalue weighted by molar-refractivity contribution is 5.81. The quantitative estimate of drug-likeness (QED) is 0.563. The maximum absolute atomic E-state index is 12.4. The molecule has 1 atom stereocenters. The van der Waals surface area contributed by atoms with E-state index in [9.17, 15) is 14.4 Å². The summed E-state index contributed by atoms with van der Waals surface area (Å²) in [6, 6.07) is 16.6. The molecule has 156 valence electrons. The fourth-order valence-corrected chi connectivity index (χ4v) is 3.19. The number of aromatic nitrogens is 2. The van der Waals surface area contributed by atoms with Crippen LogP contribution in [0.5, 0.6) is 0 Å². The largest absolute Gasteiger partial charge is 0.456 e. The average Bonchev–Trinajstić information content (AvgIpc) is 2.78. The maximum Gasteiger partial charge on any atom is 0.306 e. The Labute approximate surface area is 174 Å². The lowest BCUT2D eigenvalue weighted by Crippen LogP contribution is -2.33. The Morgan fingerprint density at radius 2 is 1.77 bits per heavy atom. The Morgan fingerprint density at radius 1 is 1.10 bits per heavy atom. The highest BCUT2D eigenvalue weighted by Gasteiger charge is 2.19. The standard InChI is InChI=1S/C23H25N3O4/c1-16(17-9-5-4-6-10-17)25(2)21(27)15-30-22(28)14-13-20-24-19-12-8-7-11-18(19)23(29)26(20)3/h4-12,16H,13-15H2,1-3H3. The van der Waals surface area contributed by atoms with Gasteiger partial charge in [0.25, 0.3) is 11.5 Å². The molecule has 0 fully saturated rings. The van der Waals surface area contributed by atoms with Crippen molar-refractivity contribution in [1.29, 1.82) is 0 Å². The first kappa shape index (κ1) is 21.2. The van der Waals surface area contributed by atoms with E-state index in [0.717, 1.165) is 5.56 Å². The molecule has 0 N–H and O–H groups in total. The van der Waals surface area contributed by atoms with Crippen LogP contribution in [0, 0.1) is 0 Å². The number of ether oxygens (including phenoxy) is 1. The number of likely N-dealkylation sites (N-methyl/N-ethyl adjacent to an activating group) is 1. The van der Waals surface area contributed by atoms with Crippen LogP contribution in [0.4, 0.5) is 0 Å². The van der Waals surface area contributed by atoms with E-state index in [-0.39, 0.29) is 37.0 Å². The monoisotopic (exact) mass is 407 g/mol. The topological polar surface area (TPSA) is 81.5 Å². The number of fused-ring (bicyclic) bond motifs is 1. The molecule has 1 aromatic heterocycles. The first-order valence-electron chi connectivity index (χ1n) is 9.79.